The van der Waals surface area contributed by atoms with Gasteiger partial charge in [-0.15, -0.1) is 0 Å². The van der Waals surface area contributed by atoms with Crippen molar-refractivity contribution in [3.8, 4) is 5.75 Å². The minimum atomic E-state index is -1.11. The number of nitrogens with one attached hydrogen (secondary N) is 1. The Balaban J connectivity index is 2.94. The van der Waals surface area contributed by atoms with Crippen LogP contribution in [0.4, 0.5) is 5.69 Å². The van der Waals surface area contributed by atoms with Crippen LogP contribution in [0.25, 0.3) is 0 Å². The topological polar surface area (TPSA) is 86.6 Å². The van der Waals surface area contributed by atoms with Crippen LogP contribution in [0.5, 0.6) is 5.75 Å². The molecule has 0 spiro atoms. The van der Waals surface area contributed by atoms with Crippen LogP contribution in [0.15, 0.2) is 18.2 Å². The van der Waals surface area contributed by atoms with E-state index in [4.69, 9.17) is 5.11 Å². The fourth-order valence-corrected chi connectivity index (χ4v) is 1.21. The van der Waals surface area contributed by atoms with Gasteiger partial charge >= 0.3 is 5.97 Å². The van der Waals surface area contributed by atoms with Gasteiger partial charge in [0.1, 0.15) is 5.75 Å². The summed E-state index contributed by atoms with van der Waals surface area (Å²) in [6.07, 6.45) is 0.672. The Morgan fingerprint density at radius 3 is 2.59 bits per heavy atom. The van der Waals surface area contributed by atoms with Crippen LogP contribution >= 0.6 is 0 Å². The van der Waals surface area contributed by atoms with Gasteiger partial charge in [-0.25, -0.2) is 4.79 Å². The predicted molar refractivity (Wildman–Crippen MR) is 63.2 cm³/mol. The highest BCUT2D eigenvalue weighted by Crippen LogP contribution is 2.25. The summed E-state index contributed by atoms with van der Waals surface area (Å²) in [4.78, 5) is 22.4. The molecule has 5 heteroatoms. The predicted octanol–water partition coefficient (Wildman–Crippen LogP) is 2.07. The molecule has 0 heterocycles. The molecule has 0 aliphatic heterocycles. The molecule has 1 unspecified atom stereocenters. The summed E-state index contributed by atoms with van der Waals surface area (Å²) in [6, 6.07) is 3.75. The lowest BCUT2D eigenvalue weighted by molar-refractivity contribution is -0.119. The van der Waals surface area contributed by atoms with E-state index in [-0.39, 0.29) is 28.8 Å². The van der Waals surface area contributed by atoms with E-state index in [0.29, 0.717) is 6.42 Å². The van der Waals surface area contributed by atoms with Gasteiger partial charge in [0.05, 0.1) is 11.3 Å². The second-order valence-electron chi connectivity index (χ2n) is 3.84. The molecule has 17 heavy (non-hydrogen) atoms. The summed E-state index contributed by atoms with van der Waals surface area (Å²) < 4.78 is 0. The molecule has 1 rings (SSSR count). The Morgan fingerprint density at radius 2 is 2.06 bits per heavy atom. The zero-order valence-electron chi connectivity index (χ0n) is 9.73. The molecule has 0 saturated carbocycles. The van der Waals surface area contributed by atoms with Gasteiger partial charge in [-0.1, -0.05) is 13.8 Å². The maximum atomic E-state index is 11.6. The van der Waals surface area contributed by atoms with E-state index in [9.17, 15) is 14.7 Å². The van der Waals surface area contributed by atoms with E-state index < -0.39 is 5.97 Å². The Labute approximate surface area is 99.1 Å². The number of hydrogen-bond donors (Lipinski definition) is 3. The molecule has 0 aromatic heterocycles. The number of carboxylic acid groups (broad SMARTS) is 1. The number of carboxylic acids is 1. The molecule has 0 fully saturated rings. The van der Waals surface area contributed by atoms with E-state index >= 15 is 0 Å². The summed E-state index contributed by atoms with van der Waals surface area (Å²) >= 11 is 0. The Kier molecular flexibility index (Phi) is 4.09. The lowest BCUT2D eigenvalue weighted by atomic mass is 10.1. The largest absolute Gasteiger partial charge is 0.506 e. The highest BCUT2D eigenvalue weighted by molar-refractivity contribution is 5.96. The molecule has 3 N–H and O–H groups in total. The van der Waals surface area contributed by atoms with Gasteiger partial charge < -0.3 is 15.5 Å². The van der Waals surface area contributed by atoms with Crippen molar-refractivity contribution >= 4 is 17.6 Å². The molecule has 0 aliphatic carbocycles. The number of aromatic carboxylic acids is 1. The zero-order valence-corrected chi connectivity index (χ0v) is 9.73. The van der Waals surface area contributed by atoms with Crippen LogP contribution in [0.1, 0.15) is 30.6 Å². The highest BCUT2D eigenvalue weighted by atomic mass is 16.4. The van der Waals surface area contributed by atoms with Crippen LogP contribution in [-0.4, -0.2) is 22.1 Å². The fraction of sp³-hybridized carbons (Fsp3) is 0.333. The number of phenols is 1. The van der Waals surface area contributed by atoms with Crippen LogP contribution in [0, 0.1) is 5.92 Å². The number of phenolic OH excluding ortho intramolecular Hbond substituents is 1. The van der Waals surface area contributed by atoms with Crippen molar-refractivity contribution in [1.29, 1.82) is 0 Å². The van der Waals surface area contributed by atoms with Crippen molar-refractivity contribution in [3.63, 3.8) is 0 Å². The molecule has 0 radical (unpaired) electrons. The first-order valence-electron chi connectivity index (χ1n) is 5.32. The maximum Gasteiger partial charge on any atom is 0.335 e. The molecule has 1 amide bonds. The van der Waals surface area contributed by atoms with Crippen LogP contribution in [-0.2, 0) is 4.79 Å². The minimum absolute atomic E-state index is 0.0160. The second-order valence-corrected chi connectivity index (χ2v) is 3.84. The van der Waals surface area contributed by atoms with Crippen molar-refractivity contribution in [2.24, 2.45) is 5.92 Å². The van der Waals surface area contributed by atoms with Gasteiger partial charge in [0, 0.05) is 5.92 Å². The molecule has 1 aromatic rings. The lowest BCUT2D eigenvalue weighted by Crippen LogP contribution is -2.19. The Morgan fingerprint density at radius 1 is 1.41 bits per heavy atom. The Bertz CT molecular complexity index is 442. The number of carbonyl (C=O) groups is 2. The van der Waals surface area contributed by atoms with E-state index in [2.05, 4.69) is 5.32 Å². The summed E-state index contributed by atoms with van der Waals surface area (Å²) in [6.45, 7) is 3.63. The van der Waals surface area contributed by atoms with Crippen molar-refractivity contribution in [3.05, 3.63) is 23.8 Å². The highest BCUT2D eigenvalue weighted by Gasteiger charge is 2.14. The first kappa shape index (κ1) is 13.0. The van der Waals surface area contributed by atoms with Gasteiger partial charge in [0.15, 0.2) is 0 Å². The van der Waals surface area contributed by atoms with Crippen molar-refractivity contribution in [1.82, 2.24) is 0 Å². The van der Waals surface area contributed by atoms with Crippen molar-refractivity contribution in [2.45, 2.75) is 20.3 Å². The summed E-state index contributed by atoms with van der Waals surface area (Å²) in [5, 5.41) is 20.8. The maximum absolute atomic E-state index is 11.6. The lowest BCUT2D eigenvalue weighted by Gasteiger charge is -2.11. The average molecular weight is 237 g/mol. The second kappa shape index (κ2) is 5.34. The summed E-state index contributed by atoms with van der Waals surface area (Å²) in [7, 11) is 0. The number of carbonyl (C=O) groups excluding carboxylic acids is 1. The fourth-order valence-electron chi connectivity index (χ4n) is 1.21. The standard InChI is InChI=1S/C12H15NO4/c1-3-7(2)11(15)13-9-6-8(12(16)17)4-5-10(9)14/h4-7,14H,3H2,1-2H3,(H,13,15)(H,16,17). The van der Waals surface area contributed by atoms with Gasteiger partial charge in [-0.3, -0.25) is 4.79 Å². The number of anilines is 1. The van der Waals surface area contributed by atoms with Crippen LogP contribution in [0.3, 0.4) is 0 Å². The number of hydrogen-bond acceptors (Lipinski definition) is 3. The number of amides is 1. The molecule has 92 valence electrons. The van der Waals surface area contributed by atoms with E-state index in [1.165, 1.54) is 18.2 Å². The van der Waals surface area contributed by atoms with E-state index in [0.717, 1.165) is 0 Å². The summed E-state index contributed by atoms with van der Waals surface area (Å²) in [5.41, 5.74) is 0.137. The van der Waals surface area contributed by atoms with Gasteiger partial charge in [0.25, 0.3) is 0 Å². The van der Waals surface area contributed by atoms with Crippen LogP contribution < -0.4 is 5.32 Å². The quantitative estimate of drug-likeness (QED) is 0.700. The van der Waals surface area contributed by atoms with Crippen molar-refractivity contribution < 1.29 is 19.8 Å². The zero-order chi connectivity index (χ0) is 13.0. The first-order chi connectivity index (χ1) is 7.95. The molecule has 0 bridgehead atoms. The molecule has 0 saturated heterocycles. The smallest absolute Gasteiger partial charge is 0.335 e. The Hall–Kier alpha value is -2.04. The monoisotopic (exact) mass is 237 g/mol. The molecular formula is C12H15NO4. The van der Waals surface area contributed by atoms with Crippen molar-refractivity contribution in [2.75, 3.05) is 5.32 Å². The third kappa shape index (κ3) is 3.21. The molecule has 0 aliphatic rings. The third-order valence-electron chi connectivity index (χ3n) is 2.56. The van der Waals surface area contributed by atoms with Gasteiger partial charge in [-0.05, 0) is 24.6 Å². The number of benzene rings is 1. The summed E-state index contributed by atoms with van der Waals surface area (Å²) in [5.74, 6) is -1.69. The number of aromatic hydroxyl groups is 1. The molecule has 1 aromatic carbocycles. The normalized spacial score (nSPS) is 11.9. The number of rotatable bonds is 4. The third-order valence-corrected chi connectivity index (χ3v) is 2.56. The van der Waals surface area contributed by atoms with E-state index in [1.807, 2.05) is 6.92 Å². The first-order valence-corrected chi connectivity index (χ1v) is 5.32. The van der Waals surface area contributed by atoms with E-state index in [1.54, 1.807) is 6.92 Å². The SMILES string of the molecule is CCC(C)C(=O)Nc1cc(C(=O)O)ccc1O. The molecule has 5 nitrogen and oxygen atoms in total. The average Bonchev–Trinajstić information content (AvgIpc) is 2.30. The molecule has 1 atom stereocenters. The minimum Gasteiger partial charge on any atom is -0.506 e. The van der Waals surface area contributed by atoms with Gasteiger partial charge in [0.2, 0.25) is 5.91 Å². The van der Waals surface area contributed by atoms with Gasteiger partial charge in [-0.2, -0.15) is 0 Å². The van der Waals surface area contributed by atoms with Crippen LogP contribution in [0.2, 0.25) is 0 Å². The molecular weight excluding hydrogens is 222 g/mol.